The number of nitrogens with zero attached hydrogens (tertiary/aromatic N) is 4. The van der Waals surface area contributed by atoms with E-state index in [0.717, 1.165) is 24.3 Å². The fourth-order valence-electron chi connectivity index (χ4n) is 8.88. The van der Waals surface area contributed by atoms with Gasteiger partial charge in [-0.2, -0.15) is 0 Å². The number of carbonyl (C=O) groups excluding carboxylic acids is 2. The molecule has 3 aromatic carbocycles. The van der Waals surface area contributed by atoms with Crippen molar-refractivity contribution in [3.8, 4) is 0 Å². The number of aliphatic hydroxyl groups is 1. The molecule has 0 radical (unpaired) electrons. The van der Waals surface area contributed by atoms with Gasteiger partial charge in [0.15, 0.2) is 5.60 Å². The number of fused-ring (bicyclic) bond motifs is 2. The zero-order valence-electron chi connectivity index (χ0n) is 28.0. The monoisotopic (exact) mass is 687 g/mol. The highest BCUT2D eigenvalue weighted by Crippen LogP contribution is 2.60. The molecule has 11 nitrogen and oxygen atoms in total. The average molecular weight is 688 g/mol. The molecule has 0 saturated carbocycles. The van der Waals surface area contributed by atoms with Gasteiger partial charge in [-0.05, 0) is 81.3 Å². The third-order valence-electron chi connectivity index (χ3n) is 11.1. The normalized spacial score (nSPS) is 26.3. The summed E-state index contributed by atoms with van der Waals surface area (Å²) in [6, 6.07) is 21.8. The van der Waals surface area contributed by atoms with Gasteiger partial charge in [-0.15, -0.1) is 0 Å². The first kappa shape index (κ1) is 33.3. The van der Waals surface area contributed by atoms with Crippen molar-refractivity contribution in [1.29, 1.82) is 0 Å². The average Bonchev–Trinajstić information content (AvgIpc) is 3.63. The van der Waals surface area contributed by atoms with Crippen molar-refractivity contribution in [2.45, 2.75) is 68.6 Å². The van der Waals surface area contributed by atoms with E-state index in [1.165, 1.54) is 12.1 Å². The van der Waals surface area contributed by atoms with Crippen molar-refractivity contribution < 1.29 is 28.5 Å². The number of piperidine rings is 1. The molecule has 49 heavy (non-hydrogen) atoms. The van der Waals surface area contributed by atoms with Gasteiger partial charge in [-0.25, -0.2) is 0 Å². The number of halogens is 1. The summed E-state index contributed by atoms with van der Waals surface area (Å²) in [4.78, 5) is 45.9. The molecule has 0 aliphatic carbocycles. The summed E-state index contributed by atoms with van der Waals surface area (Å²) in [5, 5.41) is 25.1. The lowest BCUT2D eigenvalue weighted by molar-refractivity contribution is -0.385. The molecule has 0 aromatic heterocycles. The third-order valence-corrected chi connectivity index (χ3v) is 13.5. The second-order valence-corrected chi connectivity index (χ2v) is 18.0. The molecular weight excluding hydrogens is 646 g/mol. The van der Waals surface area contributed by atoms with Crippen molar-refractivity contribution in [2.75, 3.05) is 41.1 Å². The summed E-state index contributed by atoms with van der Waals surface area (Å²) in [6.07, 6.45) is 0.790. The third kappa shape index (κ3) is 5.25. The van der Waals surface area contributed by atoms with E-state index in [1.54, 1.807) is 31.0 Å². The molecule has 4 aliphatic rings. The van der Waals surface area contributed by atoms with Crippen LogP contribution in [0.4, 0.5) is 26.9 Å². The molecule has 4 atom stereocenters. The largest absolute Gasteiger partial charge is 0.396 e. The first-order chi connectivity index (χ1) is 23.4. The van der Waals surface area contributed by atoms with Crippen molar-refractivity contribution in [1.82, 2.24) is 5.32 Å². The Labute approximate surface area is 286 Å². The number of nitro benzene ring substituents is 1. The molecule has 2 spiro atoms. The van der Waals surface area contributed by atoms with Crippen LogP contribution in [-0.2, 0) is 26.5 Å². The second kappa shape index (κ2) is 12.3. The lowest BCUT2D eigenvalue weighted by Gasteiger charge is -2.39. The van der Waals surface area contributed by atoms with Crippen LogP contribution in [0.2, 0.25) is 18.6 Å². The van der Waals surface area contributed by atoms with Gasteiger partial charge in [0.25, 0.3) is 17.5 Å². The maximum atomic E-state index is 15.9. The number of amides is 2. The highest BCUT2D eigenvalue weighted by atomic mass is 28.4. The van der Waals surface area contributed by atoms with Gasteiger partial charge in [-0.3, -0.25) is 24.6 Å². The Hall–Kier alpha value is -4.17. The van der Waals surface area contributed by atoms with E-state index in [-0.39, 0.29) is 31.2 Å². The minimum absolute atomic E-state index is 0.0380. The van der Waals surface area contributed by atoms with E-state index in [4.69, 9.17) is 4.74 Å². The Kier molecular flexibility index (Phi) is 8.37. The summed E-state index contributed by atoms with van der Waals surface area (Å²) in [5.74, 6) is -1.01. The molecule has 3 fully saturated rings. The van der Waals surface area contributed by atoms with Crippen molar-refractivity contribution >= 4 is 43.0 Å². The minimum atomic E-state index is -3.43. The predicted molar refractivity (Wildman–Crippen MR) is 187 cm³/mol. The number of hydrogen-bond acceptors (Lipinski definition) is 8. The smallest absolute Gasteiger partial charge is 0.269 e. The van der Waals surface area contributed by atoms with Crippen LogP contribution in [0, 0.1) is 16.0 Å². The molecule has 7 rings (SSSR count). The van der Waals surface area contributed by atoms with Crippen LogP contribution < -0.4 is 20.0 Å². The fourth-order valence-corrected chi connectivity index (χ4v) is 11.4. The number of benzene rings is 3. The van der Waals surface area contributed by atoms with Crippen LogP contribution in [0.15, 0.2) is 72.8 Å². The molecule has 0 unspecified atom stereocenters. The Morgan fingerprint density at radius 1 is 1.02 bits per heavy atom. The Morgan fingerprint density at radius 3 is 2.41 bits per heavy atom. The van der Waals surface area contributed by atoms with Gasteiger partial charge in [-0.1, -0.05) is 37.3 Å². The lowest BCUT2D eigenvalue weighted by Crippen LogP contribution is -2.55. The first-order valence-corrected chi connectivity index (χ1v) is 19.9. The lowest BCUT2D eigenvalue weighted by atomic mass is 9.82. The van der Waals surface area contributed by atoms with Crippen LogP contribution in [-0.4, -0.2) is 68.3 Å². The van der Waals surface area contributed by atoms with Gasteiger partial charge in [0.2, 0.25) is 8.41 Å². The van der Waals surface area contributed by atoms with Crippen molar-refractivity contribution in [2.24, 2.45) is 5.92 Å². The standard InChI is InChI=1S/C36H42FN5O6Si/c1-24-32(49(2,3)37)31(14-19-43)48-36(24)29-21-28(42(46)47)12-13-30(29)39(34(36)45)22-25-8-7-11-27(20-25)40-23-41(26-9-5-4-6-10-26)35(33(40)44)15-17-38-18-16-35/h4-13,20-21,24,31-32,38,43H,14-19,22-23H2,1-3H3/t24-,31+,32-,36+/m1/s1. The van der Waals surface area contributed by atoms with Crippen LogP contribution in [0.1, 0.15) is 37.3 Å². The summed E-state index contributed by atoms with van der Waals surface area (Å²) in [5.41, 5.74) is 0.159. The van der Waals surface area contributed by atoms with E-state index in [9.17, 15) is 24.8 Å². The maximum Gasteiger partial charge on any atom is 0.269 e. The molecule has 4 heterocycles. The molecule has 2 N–H and O–H groups in total. The van der Waals surface area contributed by atoms with E-state index in [2.05, 4.69) is 10.2 Å². The number of ether oxygens (including phenoxy) is 1. The van der Waals surface area contributed by atoms with E-state index >= 15 is 4.11 Å². The predicted octanol–water partition coefficient (Wildman–Crippen LogP) is 5.23. The number of rotatable bonds is 8. The van der Waals surface area contributed by atoms with Crippen molar-refractivity contribution in [3.63, 3.8) is 0 Å². The Bertz CT molecular complexity index is 1780. The van der Waals surface area contributed by atoms with Gasteiger partial charge in [0.1, 0.15) is 5.54 Å². The second-order valence-electron chi connectivity index (χ2n) is 14.2. The van der Waals surface area contributed by atoms with Crippen LogP contribution in [0.5, 0.6) is 0 Å². The molecule has 3 saturated heterocycles. The van der Waals surface area contributed by atoms with Gasteiger partial charge in [0, 0.05) is 47.1 Å². The Balaban J connectivity index is 1.25. The molecule has 0 bridgehead atoms. The number of anilines is 3. The number of nitro groups is 1. The van der Waals surface area contributed by atoms with E-state index < -0.39 is 47.9 Å². The fraction of sp³-hybridized carbons (Fsp3) is 0.444. The summed E-state index contributed by atoms with van der Waals surface area (Å²) in [7, 11) is -3.43. The Morgan fingerprint density at radius 2 is 1.73 bits per heavy atom. The number of non-ortho nitro benzene ring substituents is 1. The molecule has 4 aliphatic heterocycles. The summed E-state index contributed by atoms with van der Waals surface area (Å²) < 4.78 is 22.4. The van der Waals surface area contributed by atoms with Gasteiger partial charge >= 0.3 is 0 Å². The summed E-state index contributed by atoms with van der Waals surface area (Å²) in [6.45, 7) is 6.66. The quantitative estimate of drug-likeness (QED) is 0.143. The summed E-state index contributed by atoms with van der Waals surface area (Å²) >= 11 is 0. The number of hydrogen-bond donors (Lipinski definition) is 2. The maximum absolute atomic E-state index is 15.9. The molecular formula is C36H42FN5O6Si. The van der Waals surface area contributed by atoms with E-state index in [1.807, 2.05) is 59.5 Å². The zero-order valence-corrected chi connectivity index (χ0v) is 29.0. The minimum Gasteiger partial charge on any atom is -0.396 e. The number of aliphatic hydroxyl groups excluding tert-OH is 1. The van der Waals surface area contributed by atoms with Crippen molar-refractivity contribution in [3.05, 3.63) is 94.0 Å². The number of para-hydroxylation sites is 1. The van der Waals surface area contributed by atoms with Crippen LogP contribution >= 0.6 is 0 Å². The number of nitrogens with one attached hydrogen (secondary N) is 1. The molecule has 13 heteroatoms. The van der Waals surface area contributed by atoms with Crippen LogP contribution in [0.3, 0.4) is 0 Å². The van der Waals surface area contributed by atoms with Gasteiger partial charge < -0.3 is 29.1 Å². The zero-order chi connectivity index (χ0) is 34.7. The highest BCUT2D eigenvalue weighted by molar-refractivity contribution is 6.72. The first-order valence-electron chi connectivity index (χ1n) is 16.9. The van der Waals surface area contributed by atoms with Gasteiger partial charge in [0.05, 0.1) is 29.9 Å². The SMILES string of the molecule is C[C@@H]1[C@@H]([Si](C)(C)F)[C@H](CCO)O[C@@]12C(=O)N(Cc1cccc(N3CN(c4ccccc4)C4(CCNCC4)C3=O)c1)c1ccc([N+](=O)[O-])cc12. The van der Waals surface area contributed by atoms with E-state index in [0.29, 0.717) is 36.4 Å². The topological polar surface area (TPSA) is 128 Å². The molecule has 3 aromatic rings. The molecule has 258 valence electrons. The molecule has 2 amide bonds. The highest BCUT2D eigenvalue weighted by Gasteiger charge is 2.67. The number of carbonyl (C=O) groups is 2. The van der Waals surface area contributed by atoms with Crippen LogP contribution in [0.25, 0.3) is 0 Å².